The van der Waals surface area contributed by atoms with E-state index in [4.69, 9.17) is 4.74 Å². The molecule has 2 saturated heterocycles. The maximum absolute atomic E-state index is 12.6. The summed E-state index contributed by atoms with van der Waals surface area (Å²) in [5.41, 5.74) is 1.73. The van der Waals surface area contributed by atoms with Gasteiger partial charge in [0.2, 0.25) is 5.91 Å². The number of thiophene rings is 1. The number of amides is 2. The van der Waals surface area contributed by atoms with Crippen molar-refractivity contribution < 1.29 is 19.1 Å². The van der Waals surface area contributed by atoms with Crippen LogP contribution in [0, 0.1) is 5.92 Å². The van der Waals surface area contributed by atoms with Gasteiger partial charge in [0.15, 0.2) is 5.78 Å². The molecule has 0 aliphatic carbocycles. The normalized spacial score (nSPS) is 21.5. The fourth-order valence-electron chi connectivity index (χ4n) is 4.15. The minimum atomic E-state index is -0.387. The fraction of sp³-hybridized carbons (Fsp3) is 0.435. The number of nitrogens with zero attached hydrogens (tertiary/aromatic N) is 1. The second-order valence-corrected chi connectivity index (χ2v) is 8.99. The summed E-state index contributed by atoms with van der Waals surface area (Å²) in [5.74, 6) is 0.0259. The van der Waals surface area contributed by atoms with Crippen molar-refractivity contribution in [1.29, 1.82) is 0 Å². The van der Waals surface area contributed by atoms with Gasteiger partial charge in [-0.2, -0.15) is 0 Å². The van der Waals surface area contributed by atoms with Crippen LogP contribution in [-0.2, 0) is 14.3 Å². The Morgan fingerprint density at radius 2 is 2.07 bits per heavy atom. The maximum Gasteiger partial charge on any atom is 0.251 e. The van der Waals surface area contributed by atoms with Gasteiger partial charge in [0, 0.05) is 30.0 Å². The summed E-state index contributed by atoms with van der Waals surface area (Å²) in [7, 11) is 0. The minimum absolute atomic E-state index is 0.00402. The Morgan fingerprint density at radius 3 is 2.80 bits per heavy atom. The number of likely N-dealkylation sites (tertiary alicyclic amines) is 1. The number of nitrogens with one attached hydrogen (secondary N) is 1. The zero-order valence-electron chi connectivity index (χ0n) is 17.0. The Hall–Kier alpha value is -2.51. The Morgan fingerprint density at radius 1 is 1.27 bits per heavy atom. The third kappa shape index (κ3) is 4.47. The molecule has 4 rings (SSSR count). The van der Waals surface area contributed by atoms with Crippen molar-refractivity contribution in [3.05, 3.63) is 47.3 Å². The molecule has 3 heterocycles. The van der Waals surface area contributed by atoms with Gasteiger partial charge in [0.25, 0.3) is 5.91 Å². The first-order valence-electron chi connectivity index (χ1n) is 10.4. The molecule has 30 heavy (non-hydrogen) atoms. The van der Waals surface area contributed by atoms with Crippen molar-refractivity contribution in [1.82, 2.24) is 10.2 Å². The number of hydrogen-bond acceptors (Lipinski definition) is 5. The number of rotatable bonds is 7. The van der Waals surface area contributed by atoms with Crippen LogP contribution < -0.4 is 5.32 Å². The molecule has 158 valence electrons. The van der Waals surface area contributed by atoms with Gasteiger partial charge in [0.05, 0.1) is 6.10 Å². The van der Waals surface area contributed by atoms with Crippen LogP contribution in [0.1, 0.15) is 36.5 Å². The van der Waals surface area contributed by atoms with Gasteiger partial charge >= 0.3 is 0 Å². The number of benzene rings is 1. The molecule has 2 aromatic rings. The predicted octanol–water partition coefficient (Wildman–Crippen LogP) is 3.13. The molecule has 1 aromatic heterocycles. The van der Waals surface area contributed by atoms with E-state index in [0.717, 1.165) is 12.0 Å². The lowest BCUT2D eigenvalue weighted by Crippen LogP contribution is -2.42. The van der Waals surface area contributed by atoms with Crippen LogP contribution in [-0.4, -0.2) is 54.3 Å². The lowest BCUT2D eigenvalue weighted by atomic mass is 10.0. The molecule has 2 aliphatic heterocycles. The van der Waals surface area contributed by atoms with Crippen LogP contribution in [0.25, 0.3) is 10.4 Å². The number of ketones is 1. The average Bonchev–Trinajstić information content (AvgIpc) is 3.48. The molecule has 2 fully saturated rings. The highest BCUT2D eigenvalue weighted by Crippen LogP contribution is 2.28. The average molecular weight is 427 g/mol. The highest BCUT2D eigenvalue weighted by molar-refractivity contribution is 7.13. The number of carbonyl (C=O) groups excluding carboxylic acids is 3. The number of ether oxygens (including phenoxy) is 1. The zero-order valence-corrected chi connectivity index (χ0v) is 17.8. The van der Waals surface area contributed by atoms with Crippen molar-refractivity contribution in [2.75, 3.05) is 19.7 Å². The van der Waals surface area contributed by atoms with Crippen molar-refractivity contribution in [3.8, 4) is 10.4 Å². The summed E-state index contributed by atoms with van der Waals surface area (Å²) in [6, 6.07) is 11.3. The highest BCUT2D eigenvalue weighted by atomic mass is 32.1. The molecule has 1 aromatic carbocycles. The van der Waals surface area contributed by atoms with E-state index in [-0.39, 0.29) is 42.3 Å². The molecular formula is C23H26N2O4S. The third-order valence-corrected chi connectivity index (χ3v) is 6.75. The van der Waals surface area contributed by atoms with Crippen molar-refractivity contribution in [3.63, 3.8) is 0 Å². The Bertz CT molecular complexity index is 910. The predicted molar refractivity (Wildman–Crippen MR) is 115 cm³/mol. The standard InChI is InChI=1S/C23H26N2O4S/c1-15(13-21(27)25-11-9-19-22(25)18(26)14-29-19)8-10-24-23(28)17-6-4-16(5-7-17)20-3-2-12-30-20/h2-7,12,15,19,22H,8-11,13-14H2,1H3,(H,24,28). The second kappa shape index (κ2) is 9.10. The molecule has 7 heteroatoms. The molecule has 0 spiro atoms. The topological polar surface area (TPSA) is 75.7 Å². The van der Waals surface area contributed by atoms with Crippen LogP contribution in [0.5, 0.6) is 0 Å². The fourth-order valence-corrected chi connectivity index (χ4v) is 4.89. The van der Waals surface area contributed by atoms with Crippen molar-refractivity contribution in [2.24, 2.45) is 5.92 Å². The zero-order chi connectivity index (χ0) is 21.1. The van der Waals surface area contributed by atoms with Gasteiger partial charge in [-0.05, 0) is 47.9 Å². The smallest absolute Gasteiger partial charge is 0.251 e. The number of fused-ring (bicyclic) bond motifs is 1. The Labute approximate surface area is 180 Å². The Kier molecular flexibility index (Phi) is 6.29. The molecular weight excluding hydrogens is 400 g/mol. The third-order valence-electron chi connectivity index (χ3n) is 5.83. The van der Waals surface area contributed by atoms with Gasteiger partial charge in [0.1, 0.15) is 12.6 Å². The first-order chi connectivity index (χ1) is 14.5. The summed E-state index contributed by atoms with van der Waals surface area (Å²) in [6.45, 7) is 3.22. The lowest BCUT2D eigenvalue weighted by molar-refractivity contribution is -0.137. The van der Waals surface area contributed by atoms with E-state index in [9.17, 15) is 14.4 Å². The monoisotopic (exact) mass is 426 g/mol. The first-order valence-corrected chi connectivity index (χ1v) is 11.3. The van der Waals surface area contributed by atoms with Gasteiger partial charge in [-0.1, -0.05) is 25.1 Å². The maximum atomic E-state index is 12.6. The molecule has 0 saturated carbocycles. The van der Waals surface area contributed by atoms with E-state index in [0.29, 0.717) is 31.5 Å². The summed E-state index contributed by atoms with van der Waals surface area (Å²) >= 11 is 1.67. The van der Waals surface area contributed by atoms with E-state index in [1.807, 2.05) is 42.6 Å². The molecule has 3 atom stereocenters. The van der Waals surface area contributed by atoms with Gasteiger partial charge in [-0.15, -0.1) is 11.3 Å². The van der Waals surface area contributed by atoms with Gasteiger partial charge < -0.3 is 15.0 Å². The minimum Gasteiger partial charge on any atom is -0.368 e. The van der Waals surface area contributed by atoms with Crippen LogP contribution in [0.4, 0.5) is 0 Å². The lowest BCUT2D eigenvalue weighted by Gasteiger charge is -2.23. The molecule has 3 unspecified atom stereocenters. The highest BCUT2D eigenvalue weighted by Gasteiger charge is 2.46. The summed E-state index contributed by atoms with van der Waals surface area (Å²) in [4.78, 5) is 39.8. The Balaban J connectivity index is 1.21. The molecule has 0 radical (unpaired) electrons. The number of hydrogen-bond donors (Lipinski definition) is 1. The largest absolute Gasteiger partial charge is 0.368 e. The molecule has 2 amide bonds. The van der Waals surface area contributed by atoms with Gasteiger partial charge in [-0.25, -0.2) is 0 Å². The summed E-state index contributed by atoms with van der Waals surface area (Å²) in [5, 5.41) is 4.97. The van der Waals surface area contributed by atoms with E-state index in [1.54, 1.807) is 16.2 Å². The molecule has 1 N–H and O–H groups in total. The van der Waals surface area contributed by atoms with E-state index in [2.05, 4.69) is 11.4 Å². The second-order valence-electron chi connectivity index (χ2n) is 8.04. The molecule has 0 bridgehead atoms. The van der Waals surface area contributed by atoms with Gasteiger partial charge in [-0.3, -0.25) is 14.4 Å². The van der Waals surface area contributed by atoms with Crippen LogP contribution in [0.2, 0.25) is 0 Å². The SMILES string of the molecule is CC(CCNC(=O)c1ccc(-c2cccs2)cc1)CC(=O)N1CCC2OCC(=O)C21. The van der Waals surface area contributed by atoms with E-state index >= 15 is 0 Å². The van der Waals surface area contributed by atoms with E-state index < -0.39 is 0 Å². The number of Topliss-reactive ketones (excluding diaryl/α,β-unsaturated/α-hetero) is 1. The summed E-state index contributed by atoms with van der Waals surface area (Å²) in [6.07, 6.45) is 1.69. The number of carbonyl (C=O) groups is 3. The summed E-state index contributed by atoms with van der Waals surface area (Å²) < 4.78 is 5.45. The molecule has 6 nitrogen and oxygen atoms in total. The first kappa shape index (κ1) is 20.8. The molecule has 2 aliphatic rings. The van der Waals surface area contributed by atoms with E-state index in [1.165, 1.54) is 4.88 Å². The van der Waals surface area contributed by atoms with Crippen LogP contribution in [0.15, 0.2) is 41.8 Å². The van der Waals surface area contributed by atoms with Crippen LogP contribution >= 0.6 is 11.3 Å². The quantitative estimate of drug-likeness (QED) is 0.738. The van der Waals surface area contributed by atoms with Crippen LogP contribution in [0.3, 0.4) is 0 Å². The van der Waals surface area contributed by atoms with Crippen molar-refractivity contribution >= 4 is 28.9 Å². The van der Waals surface area contributed by atoms with Crippen molar-refractivity contribution in [2.45, 2.75) is 38.3 Å².